The summed E-state index contributed by atoms with van der Waals surface area (Å²) in [6, 6.07) is 8.15. The van der Waals surface area contributed by atoms with Crippen LogP contribution < -0.4 is 11.1 Å². The zero-order chi connectivity index (χ0) is 14.9. The Labute approximate surface area is 136 Å². The molecule has 1 aromatic rings. The van der Waals surface area contributed by atoms with Gasteiger partial charge in [0.15, 0.2) is 0 Å². The van der Waals surface area contributed by atoms with Crippen LogP contribution in [-0.4, -0.2) is 18.6 Å². The fraction of sp³-hybridized carbons (Fsp3) is 0.412. The predicted molar refractivity (Wildman–Crippen MR) is 97.7 cm³/mol. The lowest BCUT2D eigenvalue weighted by atomic mass is 10.1. The van der Waals surface area contributed by atoms with Crippen LogP contribution in [0.25, 0.3) is 0 Å². The van der Waals surface area contributed by atoms with Crippen LogP contribution >= 0.6 is 23.5 Å². The van der Waals surface area contributed by atoms with Gasteiger partial charge in [-0.25, -0.2) is 0 Å². The highest BCUT2D eigenvalue weighted by molar-refractivity contribution is 8.03. The summed E-state index contributed by atoms with van der Waals surface area (Å²) in [6.07, 6.45) is 9.38. The second-order valence-electron chi connectivity index (χ2n) is 5.05. The minimum atomic E-state index is 0.840. The molecule has 0 fully saturated rings. The number of anilines is 1. The molecule has 0 saturated carbocycles. The van der Waals surface area contributed by atoms with Crippen molar-refractivity contribution in [3.63, 3.8) is 0 Å². The van der Waals surface area contributed by atoms with Crippen LogP contribution in [0, 0.1) is 0 Å². The van der Waals surface area contributed by atoms with E-state index in [1.54, 1.807) is 0 Å². The van der Waals surface area contributed by atoms with E-state index in [0.717, 1.165) is 12.1 Å². The molecule has 0 heterocycles. The van der Waals surface area contributed by atoms with Crippen molar-refractivity contribution in [2.45, 2.75) is 30.6 Å². The van der Waals surface area contributed by atoms with Gasteiger partial charge < -0.3 is 11.1 Å². The van der Waals surface area contributed by atoms with Crippen molar-refractivity contribution in [1.82, 2.24) is 5.32 Å². The first kappa shape index (κ1) is 16.4. The molecule has 1 aromatic carbocycles. The summed E-state index contributed by atoms with van der Waals surface area (Å²) in [7, 11) is 2.00. The summed E-state index contributed by atoms with van der Waals surface area (Å²) in [5.41, 5.74) is 7.87. The number of nitrogen functional groups attached to an aromatic ring is 1. The Balaban J connectivity index is 1.55. The van der Waals surface area contributed by atoms with E-state index < -0.39 is 0 Å². The van der Waals surface area contributed by atoms with Gasteiger partial charge >= 0.3 is 0 Å². The quantitative estimate of drug-likeness (QED) is 0.415. The molecule has 2 nitrogen and oxygen atoms in total. The van der Waals surface area contributed by atoms with E-state index in [0.29, 0.717) is 0 Å². The third-order valence-corrected chi connectivity index (χ3v) is 5.71. The van der Waals surface area contributed by atoms with Crippen molar-refractivity contribution in [2.75, 3.05) is 24.3 Å². The first-order chi connectivity index (χ1) is 10.3. The lowest BCUT2D eigenvalue weighted by molar-refractivity contribution is 0.834. The van der Waals surface area contributed by atoms with E-state index in [2.05, 4.69) is 29.6 Å². The number of thioether (sulfide) groups is 2. The Morgan fingerprint density at radius 1 is 1.00 bits per heavy atom. The Morgan fingerprint density at radius 3 is 2.33 bits per heavy atom. The number of hydrogen-bond acceptors (Lipinski definition) is 4. The molecule has 4 heteroatoms. The zero-order valence-corrected chi connectivity index (χ0v) is 14.2. The van der Waals surface area contributed by atoms with Gasteiger partial charge in [0.25, 0.3) is 0 Å². The molecule has 1 aliphatic carbocycles. The van der Waals surface area contributed by atoms with Gasteiger partial charge in [-0.3, -0.25) is 0 Å². The Morgan fingerprint density at radius 2 is 1.71 bits per heavy atom. The summed E-state index contributed by atoms with van der Waals surface area (Å²) in [4.78, 5) is 2.84. The normalized spacial score (nSPS) is 14.5. The van der Waals surface area contributed by atoms with Crippen molar-refractivity contribution >= 4 is 29.2 Å². The number of hydrogen-bond donors (Lipinski definition) is 2. The maximum Gasteiger partial charge on any atom is 0.0314 e. The molecule has 0 bridgehead atoms. The highest BCUT2D eigenvalue weighted by atomic mass is 32.2. The van der Waals surface area contributed by atoms with E-state index >= 15 is 0 Å². The van der Waals surface area contributed by atoms with Gasteiger partial charge in [-0.05, 0) is 72.4 Å². The minimum absolute atomic E-state index is 0.840. The first-order valence-electron chi connectivity index (χ1n) is 7.46. The summed E-state index contributed by atoms with van der Waals surface area (Å²) >= 11 is 3.94. The van der Waals surface area contributed by atoms with Crippen LogP contribution in [0.1, 0.15) is 25.7 Å². The Bertz CT molecular complexity index is 492. The van der Waals surface area contributed by atoms with Crippen LogP contribution in [-0.2, 0) is 0 Å². The van der Waals surface area contributed by atoms with Crippen LogP contribution in [0.15, 0.2) is 51.9 Å². The summed E-state index contributed by atoms with van der Waals surface area (Å²) in [5, 5.41) is 3.22. The smallest absolute Gasteiger partial charge is 0.0314 e. The van der Waals surface area contributed by atoms with Crippen LogP contribution in [0.3, 0.4) is 0 Å². The van der Waals surface area contributed by atoms with Crippen molar-refractivity contribution in [3.05, 3.63) is 47.0 Å². The molecule has 3 N–H and O–H groups in total. The molecule has 1 aliphatic rings. The summed E-state index contributed by atoms with van der Waals surface area (Å²) in [5.74, 6) is 2.42. The Kier molecular flexibility index (Phi) is 7.10. The third kappa shape index (κ3) is 6.10. The third-order valence-electron chi connectivity index (χ3n) is 3.41. The summed E-state index contributed by atoms with van der Waals surface area (Å²) in [6.45, 7) is 0. The molecule has 114 valence electrons. The number of nitrogens with one attached hydrogen (secondary N) is 1. The second kappa shape index (κ2) is 9.11. The topological polar surface area (TPSA) is 38.0 Å². The van der Waals surface area contributed by atoms with Crippen molar-refractivity contribution < 1.29 is 0 Å². The van der Waals surface area contributed by atoms with Gasteiger partial charge in [-0.1, -0.05) is 6.08 Å². The van der Waals surface area contributed by atoms with Gasteiger partial charge in [-0.2, -0.15) is 0 Å². The van der Waals surface area contributed by atoms with E-state index in [1.165, 1.54) is 46.3 Å². The molecule has 0 radical (unpaired) electrons. The number of nitrogens with two attached hydrogens (primary N) is 1. The van der Waals surface area contributed by atoms with E-state index in [9.17, 15) is 0 Å². The number of benzene rings is 1. The average Bonchev–Trinajstić information content (AvgIpc) is 2.53. The molecule has 0 atom stereocenters. The monoisotopic (exact) mass is 320 g/mol. The number of allylic oxidation sites excluding steroid dienone is 4. The standard InChI is InChI=1S/C17H24N2S2/c1-19-15-6-10-17(11-7-15)21-13-3-2-12-20-16-8-4-14(18)5-9-16/h4-6,8-10,19H,2-3,7,11-13,18H2,1H3. The van der Waals surface area contributed by atoms with Gasteiger partial charge in [0, 0.05) is 23.3 Å². The van der Waals surface area contributed by atoms with Crippen molar-refractivity contribution in [2.24, 2.45) is 0 Å². The molecule has 0 spiro atoms. The molecular weight excluding hydrogens is 296 g/mol. The molecule has 2 rings (SSSR count). The molecule has 0 saturated heterocycles. The Hall–Kier alpha value is -1.00. The zero-order valence-electron chi connectivity index (χ0n) is 12.6. The molecule has 21 heavy (non-hydrogen) atoms. The molecular formula is C17H24N2S2. The highest BCUT2D eigenvalue weighted by Gasteiger charge is 2.05. The van der Waals surface area contributed by atoms with Crippen molar-refractivity contribution in [3.8, 4) is 0 Å². The first-order valence-corrected chi connectivity index (χ1v) is 9.43. The number of unbranched alkanes of at least 4 members (excludes halogenated alkanes) is 1. The lowest BCUT2D eigenvalue weighted by Gasteiger charge is -2.13. The fourth-order valence-corrected chi connectivity index (χ4v) is 4.04. The van der Waals surface area contributed by atoms with Crippen LogP contribution in [0.4, 0.5) is 5.69 Å². The maximum absolute atomic E-state index is 5.68. The van der Waals surface area contributed by atoms with E-state index in [4.69, 9.17) is 5.73 Å². The van der Waals surface area contributed by atoms with Gasteiger partial charge in [0.1, 0.15) is 0 Å². The van der Waals surface area contributed by atoms with E-state index in [-0.39, 0.29) is 0 Å². The molecule has 0 amide bonds. The molecule has 0 unspecified atom stereocenters. The lowest BCUT2D eigenvalue weighted by Crippen LogP contribution is -2.07. The van der Waals surface area contributed by atoms with Crippen LogP contribution in [0.5, 0.6) is 0 Å². The largest absolute Gasteiger partial charge is 0.399 e. The second-order valence-corrected chi connectivity index (χ2v) is 7.44. The minimum Gasteiger partial charge on any atom is -0.399 e. The maximum atomic E-state index is 5.68. The van der Waals surface area contributed by atoms with E-state index in [1.807, 2.05) is 42.7 Å². The molecule has 0 aromatic heterocycles. The highest BCUT2D eigenvalue weighted by Crippen LogP contribution is 2.27. The van der Waals surface area contributed by atoms with Gasteiger partial charge in [0.05, 0.1) is 0 Å². The molecule has 0 aliphatic heterocycles. The predicted octanol–water partition coefficient (Wildman–Crippen LogP) is 4.66. The van der Waals surface area contributed by atoms with Gasteiger partial charge in [0.2, 0.25) is 0 Å². The number of rotatable bonds is 8. The summed E-state index contributed by atoms with van der Waals surface area (Å²) < 4.78 is 0. The van der Waals surface area contributed by atoms with Gasteiger partial charge in [-0.15, -0.1) is 23.5 Å². The van der Waals surface area contributed by atoms with Crippen LogP contribution in [0.2, 0.25) is 0 Å². The fourth-order valence-electron chi connectivity index (χ4n) is 2.11. The van der Waals surface area contributed by atoms with Crippen molar-refractivity contribution in [1.29, 1.82) is 0 Å². The SMILES string of the molecule is CNC1=CC=C(SCCCCSc2ccc(N)cc2)CC1. The average molecular weight is 321 g/mol.